The summed E-state index contributed by atoms with van der Waals surface area (Å²) in [4.78, 5) is 33.7. The molecule has 7 nitrogen and oxygen atoms in total. The molecule has 1 fully saturated rings. The van der Waals surface area contributed by atoms with E-state index < -0.39 is 31.1 Å². The summed E-state index contributed by atoms with van der Waals surface area (Å²) in [6, 6.07) is 0. The van der Waals surface area contributed by atoms with Crippen LogP contribution in [0.5, 0.6) is 0 Å². The lowest BCUT2D eigenvalue weighted by Gasteiger charge is -2.09. The van der Waals surface area contributed by atoms with E-state index in [1.807, 2.05) is 0 Å². The zero-order valence-corrected chi connectivity index (χ0v) is 11.2. The molecule has 1 atom stereocenters. The largest absolute Gasteiger partial charge is 0.524 e. The lowest BCUT2D eigenvalue weighted by atomic mass is 9.97. The van der Waals surface area contributed by atoms with Crippen LogP contribution in [-0.2, 0) is 33.2 Å². The Bertz CT molecular complexity index is 355. The molecule has 1 heterocycles. The number of hydrogen-bond acceptors (Lipinski definition) is 7. The van der Waals surface area contributed by atoms with Crippen LogP contribution in [0.3, 0.4) is 0 Å². The van der Waals surface area contributed by atoms with Gasteiger partial charge in [-0.15, -0.1) is 0 Å². The molecule has 106 valence electrons. The summed E-state index contributed by atoms with van der Waals surface area (Å²) in [5.41, 5.74) is 0. The minimum atomic E-state index is -0.887. The van der Waals surface area contributed by atoms with Crippen molar-refractivity contribution in [3.8, 4) is 0 Å². The molecule has 8 heteroatoms. The van der Waals surface area contributed by atoms with Gasteiger partial charge in [-0.05, 0) is 20.7 Å². The van der Waals surface area contributed by atoms with E-state index in [9.17, 15) is 14.4 Å². The zero-order chi connectivity index (χ0) is 14.4. The summed E-state index contributed by atoms with van der Waals surface area (Å²) in [6.07, 6.45) is -1.25. The molecule has 0 N–H and O–H groups in total. The number of carbonyl (C=O) groups is 3. The highest BCUT2D eigenvalue weighted by atomic mass is 16.7. The number of hydrogen-bond donors (Lipinski definition) is 0. The Kier molecular flexibility index (Phi) is 5.81. The van der Waals surface area contributed by atoms with E-state index in [0.717, 1.165) is 0 Å². The fourth-order valence-electron chi connectivity index (χ4n) is 1.43. The molecular formula is C11H17BO7. The Morgan fingerprint density at radius 3 is 2.47 bits per heavy atom. The molecule has 0 aliphatic carbocycles. The van der Waals surface area contributed by atoms with Gasteiger partial charge in [0.2, 0.25) is 0 Å². The Morgan fingerprint density at radius 2 is 1.95 bits per heavy atom. The molecule has 0 saturated carbocycles. The first-order valence-corrected chi connectivity index (χ1v) is 6.09. The third kappa shape index (κ3) is 5.74. The van der Waals surface area contributed by atoms with Gasteiger partial charge < -0.3 is 18.8 Å². The van der Waals surface area contributed by atoms with Crippen molar-refractivity contribution >= 4 is 25.0 Å². The highest BCUT2D eigenvalue weighted by Gasteiger charge is 2.37. The van der Waals surface area contributed by atoms with Crippen LogP contribution in [0.25, 0.3) is 0 Å². The number of esters is 2. The van der Waals surface area contributed by atoms with Crippen LogP contribution in [0, 0.1) is 0 Å². The topological polar surface area (TPSA) is 88.1 Å². The van der Waals surface area contributed by atoms with Crippen molar-refractivity contribution in [2.24, 2.45) is 0 Å². The predicted molar refractivity (Wildman–Crippen MR) is 64.0 cm³/mol. The number of rotatable bonds is 6. The van der Waals surface area contributed by atoms with Crippen molar-refractivity contribution in [2.45, 2.75) is 45.7 Å². The van der Waals surface area contributed by atoms with E-state index >= 15 is 0 Å². The molecule has 1 saturated heterocycles. The van der Waals surface area contributed by atoms with E-state index in [4.69, 9.17) is 18.8 Å². The molecule has 1 aliphatic heterocycles. The second-order valence-electron chi connectivity index (χ2n) is 4.35. The van der Waals surface area contributed by atoms with E-state index in [1.165, 1.54) is 0 Å². The third-order valence-electron chi connectivity index (χ3n) is 2.20. The number of ether oxygens (including phenoxy) is 2. The van der Waals surface area contributed by atoms with Gasteiger partial charge in [0.15, 0.2) is 6.10 Å². The lowest BCUT2D eigenvalue weighted by molar-refractivity contribution is -0.154. The van der Waals surface area contributed by atoms with Gasteiger partial charge in [-0.3, -0.25) is 14.4 Å². The van der Waals surface area contributed by atoms with Gasteiger partial charge >= 0.3 is 25.0 Å². The smallest absolute Gasteiger partial charge is 0.508 e. The molecule has 0 aromatic carbocycles. The second-order valence-corrected chi connectivity index (χ2v) is 4.35. The van der Waals surface area contributed by atoms with Crippen LogP contribution in [0.1, 0.15) is 26.7 Å². The van der Waals surface area contributed by atoms with Crippen LogP contribution in [0.4, 0.5) is 0 Å². The Morgan fingerprint density at radius 1 is 1.32 bits per heavy atom. The van der Waals surface area contributed by atoms with Crippen molar-refractivity contribution in [3.63, 3.8) is 0 Å². The van der Waals surface area contributed by atoms with Gasteiger partial charge in [0.05, 0.1) is 18.9 Å². The summed E-state index contributed by atoms with van der Waals surface area (Å²) >= 11 is 0. The molecular weight excluding hydrogens is 255 g/mol. The molecule has 1 aliphatic rings. The van der Waals surface area contributed by atoms with E-state index in [-0.39, 0.29) is 25.6 Å². The maximum atomic E-state index is 11.3. The average Bonchev–Trinajstić information content (AvgIpc) is 2.61. The molecule has 1 unspecified atom stereocenters. The molecule has 1 rings (SSSR count). The van der Waals surface area contributed by atoms with Crippen LogP contribution in [-0.4, -0.2) is 43.8 Å². The Hall–Kier alpha value is -1.57. The highest BCUT2D eigenvalue weighted by Crippen LogP contribution is 2.10. The monoisotopic (exact) mass is 272 g/mol. The predicted octanol–water partition coefficient (Wildman–Crippen LogP) is 0.321. The van der Waals surface area contributed by atoms with Crippen LogP contribution in [0.15, 0.2) is 0 Å². The number of carbonyl (C=O) groups excluding carboxylic acids is 3. The van der Waals surface area contributed by atoms with Crippen LogP contribution in [0.2, 0.25) is 6.82 Å². The van der Waals surface area contributed by atoms with Gasteiger partial charge in [0.25, 0.3) is 0 Å². The molecule has 0 radical (unpaired) electrons. The van der Waals surface area contributed by atoms with Crippen LogP contribution >= 0.6 is 0 Å². The molecule has 0 aromatic rings. The minimum absolute atomic E-state index is 0.0522. The maximum Gasteiger partial charge on any atom is 0.524 e. The van der Waals surface area contributed by atoms with Crippen molar-refractivity contribution in [3.05, 3.63) is 0 Å². The van der Waals surface area contributed by atoms with Crippen molar-refractivity contribution in [2.75, 3.05) is 6.61 Å². The zero-order valence-electron chi connectivity index (χ0n) is 11.2. The fraction of sp³-hybridized carbons (Fsp3) is 0.727. The average molecular weight is 272 g/mol. The summed E-state index contributed by atoms with van der Waals surface area (Å²) in [6.45, 7) is 4.81. The van der Waals surface area contributed by atoms with Gasteiger partial charge in [0, 0.05) is 0 Å². The highest BCUT2D eigenvalue weighted by molar-refractivity contribution is 6.47. The molecule has 19 heavy (non-hydrogen) atoms. The molecule has 0 spiro atoms. The molecule has 0 aromatic heterocycles. The summed E-state index contributed by atoms with van der Waals surface area (Å²) in [7, 11) is -0.628. The lowest BCUT2D eigenvalue weighted by Crippen LogP contribution is -2.25. The molecule has 0 bridgehead atoms. The first kappa shape index (κ1) is 15.5. The summed E-state index contributed by atoms with van der Waals surface area (Å²) < 4.78 is 19.5. The van der Waals surface area contributed by atoms with E-state index in [2.05, 4.69) is 0 Å². The summed E-state index contributed by atoms with van der Waals surface area (Å²) in [5.74, 6) is -1.60. The van der Waals surface area contributed by atoms with Crippen molar-refractivity contribution < 1.29 is 33.2 Å². The van der Waals surface area contributed by atoms with Gasteiger partial charge in [-0.25, -0.2) is 0 Å². The van der Waals surface area contributed by atoms with Gasteiger partial charge in [-0.2, -0.15) is 0 Å². The Labute approximate surface area is 111 Å². The third-order valence-corrected chi connectivity index (χ3v) is 2.20. The van der Waals surface area contributed by atoms with Crippen LogP contribution < -0.4 is 0 Å². The fourth-order valence-corrected chi connectivity index (χ4v) is 1.43. The summed E-state index contributed by atoms with van der Waals surface area (Å²) in [5, 5.41) is 0. The first-order valence-electron chi connectivity index (χ1n) is 6.09. The van der Waals surface area contributed by atoms with E-state index in [0.29, 0.717) is 0 Å². The van der Waals surface area contributed by atoms with Gasteiger partial charge in [-0.1, -0.05) is 0 Å². The van der Waals surface area contributed by atoms with Crippen molar-refractivity contribution in [1.29, 1.82) is 0 Å². The quantitative estimate of drug-likeness (QED) is 0.508. The first-order chi connectivity index (χ1) is 8.88. The van der Waals surface area contributed by atoms with Crippen molar-refractivity contribution in [1.82, 2.24) is 0 Å². The SMILES string of the molecule is CB1OC(=O)C(COC(=O)CCC(=O)OC(C)C)O1. The molecule has 0 amide bonds. The minimum Gasteiger partial charge on any atom is -0.508 e. The Balaban J connectivity index is 2.18. The standard InChI is InChI=1S/C11H17BO7/c1-7(2)17-10(14)5-4-9(13)16-6-8-11(15)19-12(3)18-8/h7-8H,4-6H2,1-3H3. The van der Waals surface area contributed by atoms with Gasteiger partial charge in [0.1, 0.15) is 6.61 Å². The van der Waals surface area contributed by atoms with E-state index in [1.54, 1.807) is 20.7 Å². The normalized spacial score (nSPS) is 18.4. The maximum absolute atomic E-state index is 11.3. The second kappa shape index (κ2) is 7.13.